The number of hydrogen-bond donors (Lipinski definition) is 0. The van der Waals surface area contributed by atoms with Gasteiger partial charge in [-0.2, -0.15) is 0 Å². The van der Waals surface area contributed by atoms with Gasteiger partial charge in [-0.1, -0.05) is 60.7 Å². The van der Waals surface area contributed by atoms with Crippen LogP contribution in [0.25, 0.3) is 0 Å². The zero-order valence-electron chi connectivity index (χ0n) is 18.6. The van der Waals surface area contributed by atoms with Gasteiger partial charge in [-0.15, -0.1) is 23.5 Å². The highest BCUT2D eigenvalue weighted by molar-refractivity contribution is 8.18. The molecule has 1 saturated heterocycles. The number of β-lactam (4-membered cyclic amide) rings is 1. The first-order valence-corrected chi connectivity index (χ1v) is 13.0. The summed E-state index contributed by atoms with van der Waals surface area (Å²) < 4.78 is 4.89. The van der Waals surface area contributed by atoms with E-state index in [1.807, 2.05) is 41.3 Å². The van der Waals surface area contributed by atoms with E-state index < -0.39 is 4.20 Å². The lowest BCUT2D eigenvalue weighted by Gasteiger charge is -2.58. The number of anilines is 1. The Bertz CT molecular complexity index is 983. The summed E-state index contributed by atoms with van der Waals surface area (Å²) in [5.41, 5.74) is 3.31. The molecule has 1 aliphatic heterocycles. The highest BCUT2D eigenvalue weighted by Gasteiger charge is 2.62. The number of thioether (sulfide) groups is 2. The van der Waals surface area contributed by atoms with Gasteiger partial charge in [0.1, 0.15) is 11.8 Å². The topological polar surface area (TPSA) is 32.8 Å². The Hall–Kier alpha value is -2.41. The van der Waals surface area contributed by atoms with Gasteiger partial charge >= 0.3 is 0 Å². The van der Waals surface area contributed by atoms with Crippen LogP contribution in [0.1, 0.15) is 11.1 Å². The lowest BCUT2D eigenvalue weighted by atomic mass is 10.0. The number of benzene rings is 3. The average Bonchev–Trinajstić information content (AvgIpc) is 2.84. The normalized spacial score (nSPS) is 17.3. The summed E-state index contributed by atoms with van der Waals surface area (Å²) in [6.07, 6.45) is 4.19. The number of ether oxygens (including phenoxy) is 1. The number of hydrogen-bond acceptors (Lipinski definition) is 5. The third-order valence-corrected chi connectivity index (χ3v) is 8.83. The Morgan fingerprint density at radius 3 is 1.78 bits per heavy atom. The summed E-state index contributed by atoms with van der Waals surface area (Å²) in [5.74, 6) is 0.915. The number of carbonyl (C=O) groups excluding carboxylic acids is 1. The van der Waals surface area contributed by atoms with Crippen molar-refractivity contribution in [2.24, 2.45) is 0 Å². The van der Waals surface area contributed by atoms with Crippen molar-refractivity contribution in [3.63, 3.8) is 0 Å². The van der Waals surface area contributed by atoms with Crippen LogP contribution >= 0.6 is 23.5 Å². The summed E-state index contributed by atoms with van der Waals surface area (Å²) >= 11 is 3.46. The third-order valence-electron chi connectivity index (χ3n) is 5.85. The number of rotatable bonds is 9. The first-order chi connectivity index (χ1) is 15.6. The number of methoxy groups -OCH3 is 1. The second-order valence-electron chi connectivity index (χ2n) is 7.69. The van der Waals surface area contributed by atoms with Gasteiger partial charge in [-0.05, 0) is 47.9 Å². The van der Waals surface area contributed by atoms with Crippen molar-refractivity contribution in [2.45, 2.75) is 23.3 Å². The summed E-state index contributed by atoms with van der Waals surface area (Å²) in [6, 6.07) is 28.3. The molecule has 1 unspecified atom stereocenters. The molecule has 1 atom stereocenters. The highest BCUT2D eigenvalue weighted by Crippen LogP contribution is 2.53. The van der Waals surface area contributed by atoms with Gasteiger partial charge in [0.15, 0.2) is 4.20 Å². The van der Waals surface area contributed by atoms with Crippen molar-refractivity contribution < 1.29 is 9.53 Å². The minimum atomic E-state index is -0.408. The average molecular weight is 465 g/mol. The maximum atomic E-state index is 13.7. The maximum Gasteiger partial charge on any atom is 0.250 e. The van der Waals surface area contributed by atoms with Gasteiger partial charge in [0.25, 0.3) is 5.91 Å². The van der Waals surface area contributed by atoms with Crippen LogP contribution < -0.4 is 9.64 Å². The van der Waals surface area contributed by atoms with Crippen LogP contribution in [0.2, 0.25) is 0 Å². The van der Waals surface area contributed by atoms with Gasteiger partial charge in [-0.3, -0.25) is 14.6 Å². The molecule has 1 heterocycles. The van der Waals surface area contributed by atoms with E-state index in [1.54, 1.807) is 30.6 Å². The van der Waals surface area contributed by atoms with Gasteiger partial charge in [-0.25, -0.2) is 0 Å². The van der Waals surface area contributed by atoms with E-state index in [0.717, 1.165) is 11.4 Å². The van der Waals surface area contributed by atoms with Crippen LogP contribution in [0.3, 0.4) is 0 Å². The quantitative estimate of drug-likeness (QED) is 0.309. The van der Waals surface area contributed by atoms with E-state index in [9.17, 15) is 4.79 Å². The molecule has 3 aromatic rings. The molecule has 0 N–H and O–H groups in total. The summed E-state index contributed by atoms with van der Waals surface area (Å²) in [5, 5.41) is 0. The zero-order valence-corrected chi connectivity index (χ0v) is 20.2. The first kappa shape index (κ1) is 22.8. The van der Waals surface area contributed by atoms with Crippen molar-refractivity contribution >= 4 is 35.1 Å². The molecule has 6 heteroatoms. The van der Waals surface area contributed by atoms with Gasteiger partial charge in [0, 0.05) is 18.8 Å². The standard InChI is InChI=1S/C26H28N2O2S2/c1-30-23-16-14-22(15-17-23)28-25(29)24(26(28,31-2)32-3)27(18-20-10-6-4-7-11-20)19-21-12-8-5-9-13-21/h4-17,24H,18-19H2,1-3H3. The number of amides is 1. The Morgan fingerprint density at radius 2 is 1.34 bits per heavy atom. The van der Waals surface area contributed by atoms with Crippen molar-refractivity contribution in [3.8, 4) is 5.75 Å². The highest BCUT2D eigenvalue weighted by atomic mass is 32.2. The van der Waals surface area contributed by atoms with Crippen molar-refractivity contribution in [1.82, 2.24) is 4.90 Å². The molecule has 0 aliphatic carbocycles. The molecule has 1 fully saturated rings. The molecule has 0 radical (unpaired) electrons. The Balaban J connectivity index is 1.69. The predicted molar refractivity (Wildman–Crippen MR) is 136 cm³/mol. The van der Waals surface area contributed by atoms with Crippen LogP contribution in [0, 0.1) is 0 Å². The minimum Gasteiger partial charge on any atom is -0.497 e. The molecule has 4 nitrogen and oxygen atoms in total. The van der Waals surface area contributed by atoms with Crippen LogP contribution in [0.5, 0.6) is 5.75 Å². The second kappa shape index (κ2) is 10.0. The molecule has 0 bridgehead atoms. The smallest absolute Gasteiger partial charge is 0.250 e. The predicted octanol–water partition coefficient (Wildman–Crippen LogP) is 5.49. The van der Waals surface area contributed by atoms with Crippen LogP contribution in [-0.4, -0.2) is 40.7 Å². The van der Waals surface area contributed by atoms with E-state index in [2.05, 4.69) is 65.9 Å². The van der Waals surface area contributed by atoms with Crippen LogP contribution in [-0.2, 0) is 17.9 Å². The molecule has 1 aliphatic rings. The fourth-order valence-electron chi connectivity index (χ4n) is 4.28. The molecule has 3 aromatic carbocycles. The summed E-state index contributed by atoms with van der Waals surface area (Å²) in [6.45, 7) is 1.43. The molecule has 166 valence electrons. The fraction of sp³-hybridized carbons (Fsp3) is 0.269. The molecule has 0 aromatic heterocycles. The van der Waals surface area contributed by atoms with E-state index in [-0.39, 0.29) is 11.9 Å². The molecule has 0 spiro atoms. The van der Waals surface area contributed by atoms with Crippen molar-refractivity contribution in [1.29, 1.82) is 0 Å². The molecule has 1 amide bonds. The monoisotopic (exact) mass is 464 g/mol. The molecule has 0 saturated carbocycles. The van der Waals surface area contributed by atoms with Gasteiger partial charge in [0.05, 0.1) is 7.11 Å². The summed E-state index contributed by atoms with van der Waals surface area (Å²) in [7, 11) is 1.65. The lowest BCUT2D eigenvalue weighted by molar-refractivity contribution is -0.131. The van der Waals surface area contributed by atoms with Gasteiger partial charge < -0.3 is 4.74 Å². The van der Waals surface area contributed by atoms with E-state index in [1.165, 1.54) is 11.1 Å². The van der Waals surface area contributed by atoms with E-state index in [4.69, 9.17) is 4.74 Å². The lowest BCUT2D eigenvalue weighted by Crippen LogP contribution is -2.76. The van der Waals surface area contributed by atoms with E-state index >= 15 is 0 Å². The van der Waals surface area contributed by atoms with E-state index in [0.29, 0.717) is 13.1 Å². The summed E-state index contributed by atoms with van der Waals surface area (Å²) in [4.78, 5) is 18.0. The maximum absolute atomic E-state index is 13.7. The largest absolute Gasteiger partial charge is 0.497 e. The Labute approximate surface area is 199 Å². The molecular weight excluding hydrogens is 436 g/mol. The first-order valence-electron chi connectivity index (χ1n) is 10.5. The van der Waals surface area contributed by atoms with Crippen LogP contribution in [0.4, 0.5) is 5.69 Å². The Morgan fingerprint density at radius 1 is 0.844 bits per heavy atom. The second-order valence-corrected chi connectivity index (χ2v) is 10.0. The van der Waals surface area contributed by atoms with Crippen molar-refractivity contribution in [3.05, 3.63) is 96.1 Å². The molecular formula is C26H28N2O2S2. The SMILES string of the molecule is COc1ccc(N2C(=O)C(N(Cc3ccccc3)Cc3ccccc3)C2(SC)SC)cc1. The van der Waals surface area contributed by atoms with Crippen LogP contribution in [0.15, 0.2) is 84.9 Å². The van der Waals surface area contributed by atoms with Gasteiger partial charge in [0.2, 0.25) is 0 Å². The number of carbonyl (C=O) groups is 1. The zero-order chi connectivity index (χ0) is 22.6. The Kier molecular flexibility index (Phi) is 7.13. The van der Waals surface area contributed by atoms with Crippen molar-refractivity contribution in [2.75, 3.05) is 24.5 Å². The fourth-order valence-corrected chi connectivity index (χ4v) is 6.65. The number of nitrogens with zero attached hydrogens (tertiary/aromatic N) is 2. The minimum absolute atomic E-state index is 0.130. The third kappa shape index (κ3) is 4.27. The molecule has 4 rings (SSSR count). The molecule has 32 heavy (non-hydrogen) atoms.